The fourth-order valence-electron chi connectivity index (χ4n) is 3.27. The lowest BCUT2D eigenvalue weighted by Crippen LogP contribution is -2.27. The molecule has 1 N–H and O–H groups in total. The van der Waals surface area contributed by atoms with Gasteiger partial charge in [0.2, 0.25) is 5.91 Å². The van der Waals surface area contributed by atoms with E-state index in [0.29, 0.717) is 11.3 Å². The maximum atomic E-state index is 12.5. The van der Waals surface area contributed by atoms with E-state index in [1.165, 1.54) is 6.33 Å². The number of tetrazole rings is 1. The van der Waals surface area contributed by atoms with E-state index < -0.39 is 0 Å². The van der Waals surface area contributed by atoms with Gasteiger partial charge in [0, 0.05) is 24.3 Å². The van der Waals surface area contributed by atoms with Crippen molar-refractivity contribution in [3.05, 3.63) is 66.0 Å². The van der Waals surface area contributed by atoms with E-state index in [0.717, 1.165) is 37.2 Å². The number of likely N-dealkylation sites (tertiary alicyclic amines) is 1. The van der Waals surface area contributed by atoms with Crippen molar-refractivity contribution in [1.29, 1.82) is 0 Å². The molecule has 1 fully saturated rings. The first-order valence-electron chi connectivity index (χ1n) is 9.20. The van der Waals surface area contributed by atoms with Crippen LogP contribution in [0, 0.1) is 0 Å². The molecule has 1 aliphatic heterocycles. The lowest BCUT2D eigenvalue weighted by atomic mass is 10.1. The van der Waals surface area contributed by atoms with Crippen molar-refractivity contribution >= 4 is 17.5 Å². The third kappa shape index (κ3) is 4.06. The summed E-state index contributed by atoms with van der Waals surface area (Å²) in [6, 6.07) is 14.5. The predicted octanol–water partition coefficient (Wildman–Crippen LogP) is 2.08. The van der Waals surface area contributed by atoms with E-state index >= 15 is 0 Å². The fraction of sp³-hybridized carbons (Fsp3) is 0.250. The van der Waals surface area contributed by atoms with Crippen LogP contribution in [-0.4, -0.2) is 50.0 Å². The molecule has 2 heterocycles. The first kappa shape index (κ1) is 17.8. The Hall–Kier alpha value is -3.55. The molecule has 1 saturated heterocycles. The van der Waals surface area contributed by atoms with Crippen LogP contribution < -0.4 is 5.32 Å². The van der Waals surface area contributed by atoms with E-state index in [2.05, 4.69) is 20.8 Å². The zero-order valence-electron chi connectivity index (χ0n) is 15.3. The largest absolute Gasteiger partial charge is 0.339 e. The van der Waals surface area contributed by atoms with Crippen LogP contribution >= 0.6 is 0 Å². The second-order valence-electron chi connectivity index (χ2n) is 6.73. The summed E-state index contributed by atoms with van der Waals surface area (Å²) in [7, 11) is 0. The Kier molecular flexibility index (Phi) is 5.09. The van der Waals surface area contributed by atoms with E-state index in [4.69, 9.17) is 0 Å². The Bertz CT molecular complexity index is 963. The van der Waals surface area contributed by atoms with E-state index in [-0.39, 0.29) is 18.2 Å². The summed E-state index contributed by atoms with van der Waals surface area (Å²) in [4.78, 5) is 26.7. The molecule has 3 aromatic rings. The first-order valence-corrected chi connectivity index (χ1v) is 9.20. The van der Waals surface area contributed by atoms with Gasteiger partial charge in [-0.2, -0.15) is 0 Å². The minimum absolute atomic E-state index is 0.0202. The van der Waals surface area contributed by atoms with Gasteiger partial charge in [0.1, 0.15) is 6.33 Å². The van der Waals surface area contributed by atoms with Gasteiger partial charge in [0.25, 0.3) is 5.91 Å². The van der Waals surface area contributed by atoms with Gasteiger partial charge in [-0.15, -0.1) is 5.10 Å². The van der Waals surface area contributed by atoms with E-state index in [9.17, 15) is 9.59 Å². The highest BCUT2D eigenvalue weighted by Gasteiger charge is 2.19. The standard InChI is InChI=1S/C20H20N6O2/c27-19(12-15-6-8-18(9-7-15)26-14-21-23-24-26)22-17-5-3-4-16(13-17)20(28)25-10-1-2-11-25/h3-9,13-14H,1-2,10-12H2,(H,22,27). The highest BCUT2D eigenvalue weighted by Crippen LogP contribution is 2.17. The fourth-order valence-corrected chi connectivity index (χ4v) is 3.27. The number of nitrogens with zero attached hydrogens (tertiary/aromatic N) is 5. The molecule has 2 aromatic carbocycles. The van der Waals surface area contributed by atoms with Gasteiger partial charge in [0.15, 0.2) is 0 Å². The van der Waals surface area contributed by atoms with Crippen LogP contribution in [0.1, 0.15) is 28.8 Å². The van der Waals surface area contributed by atoms with Crippen molar-refractivity contribution in [2.75, 3.05) is 18.4 Å². The molecule has 142 valence electrons. The first-order chi connectivity index (χ1) is 13.7. The summed E-state index contributed by atoms with van der Waals surface area (Å²) < 4.78 is 1.55. The Morgan fingerprint density at radius 1 is 1.04 bits per heavy atom. The number of benzene rings is 2. The molecule has 2 amide bonds. The molecule has 8 nitrogen and oxygen atoms in total. The number of anilines is 1. The molecule has 0 spiro atoms. The number of carbonyl (C=O) groups is 2. The number of aromatic nitrogens is 4. The Morgan fingerprint density at radius 2 is 1.82 bits per heavy atom. The summed E-state index contributed by atoms with van der Waals surface area (Å²) in [6.45, 7) is 1.60. The number of hydrogen-bond donors (Lipinski definition) is 1. The van der Waals surface area contributed by atoms with Gasteiger partial charge in [0.05, 0.1) is 12.1 Å². The SMILES string of the molecule is O=C(Cc1ccc(-n2cnnn2)cc1)Nc1cccc(C(=O)N2CCCC2)c1. The minimum atomic E-state index is -0.138. The molecule has 1 aliphatic rings. The summed E-state index contributed by atoms with van der Waals surface area (Å²) in [5.74, 6) is -0.118. The molecule has 0 unspecified atom stereocenters. The summed E-state index contributed by atoms with van der Waals surface area (Å²) >= 11 is 0. The maximum absolute atomic E-state index is 12.5. The summed E-state index contributed by atoms with van der Waals surface area (Å²) in [5.41, 5.74) is 2.92. The normalized spacial score (nSPS) is 13.5. The molecular weight excluding hydrogens is 356 g/mol. The lowest BCUT2D eigenvalue weighted by Gasteiger charge is -2.15. The monoisotopic (exact) mass is 376 g/mol. The molecule has 0 bridgehead atoms. The maximum Gasteiger partial charge on any atom is 0.253 e. The van der Waals surface area contributed by atoms with Crippen LogP contribution in [0.3, 0.4) is 0 Å². The van der Waals surface area contributed by atoms with Crippen molar-refractivity contribution in [2.45, 2.75) is 19.3 Å². The van der Waals surface area contributed by atoms with Gasteiger partial charge in [-0.1, -0.05) is 18.2 Å². The molecule has 1 aromatic heterocycles. The van der Waals surface area contributed by atoms with Gasteiger partial charge in [-0.3, -0.25) is 9.59 Å². The second-order valence-corrected chi connectivity index (χ2v) is 6.73. The third-order valence-corrected chi connectivity index (χ3v) is 4.70. The van der Waals surface area contributed by atoms with E-state index in [1.54, 1.807) is 28.9 Å². The molecule has 8 heteroatoms. The Morgan fingerprint density at radius 3 is 2.54 bits per heavy atom. The van der Waals surface area contributed by atoms with Gasteiger partial charge < -0.3 is 10.2 Å². The van der Waals surface area contributed by atoms with Crippen molar-refractivity contribution < 1.29 is 9.59 Å². The number of hydrogen-bond acceptors (Lipinski definition) is 5. The number of rotatable bonds is 5. The molecule has 0 atom stereocenters. The van der Waals surface area contributed by atoms with E-state index in [1.807, 2.05) is 29.2 Å². The highest BCUT2D eigenvalue weighted by molar-refractivity contribution is 5.97. The average molecular weight is 376 g/mol. The van der Waals surface area contributed by atoms with Gasteiger partial charge in [-0.25, -0.2) is 4.68 Å². The van der Waals surface area contributed by atoms with Crippen molar-refractivity contribution in [3.63, 3.8) is 0 Å². The zero-order chi connectivity index (χ0) is 19.3. The molecule has 28 heavy (non-hydrogen) atoms. The molecule has 0 aliphatic carbocycles. The lowest BCUT2D eigenvalue weighted by molar-refractivity contribution is -0.115. The second kappa shape index (κ2) is 7.99. The molecule has 0 saturated carbocycles. The molecular formula is C20H20N6O2. The van der Waals surface area contributed by atoms with Crippen LogP contribution in [0.5, 0.6) is 0 Å². The van der Waals surface area contributed by atoms with Gasteiger partial charge >= 0.3 is 0 Å². The third-order valence-electron chi connectivity index (χ3n) is 4.70. The zero-order valence-corrected chi connectivity index (χ0v) is 15.3. The van der Waals surface area contributed by atoms with Crippen molar-refractivity contribution in [1.82, 2.24) is 25.1 Å². The summed E-state index contributed by atoms with van der Waals surface area (Å²) in [6.07, 6.45) is 3.85. The molecule has 0 radical (unpaired) electrons. The topological polar surface area (TPSA) is 93.0 Å². The van der Waals surface area contributed by atoms with Crippen LogP contribution in [-0.2, 0) is 11.2 Å². The van der Waals surface area contributed by atoms with Crippen LogP contribution in [0.25, 0.3) is 5.69 Å². The smallest absolute Gasteiger partial charge is 0.253 e. The van der Waals surface area contributed by atoms with Crippen LogP contribution in [0.4, 0.5) is 5.69 Å². The van der Waals surface area contributed by atoms with Crippen molar-refractivity contribution in [3.8, 4) is 5.69 Å². The van der Waals surface area contributed by atoms with Crippen molar-refractivity contribution in [2.24, 2.45) is 0 Å². The minimum Gasteiger partial charge on any atom is -0.339 e. The van der Waals surface area contributed by atoms with Crippen LogP contribution in [0.15, 0.2) is 54.9 Å². The molecule has 4 rings (SSSR count). The highest BCUT2D eigenvalue weighted by atomic mass is 16.2. The number of amides is 2. The van der Waals surface area contributed by atoms with Crippen LogP contribution in [0.2, 0.25) is 0 Å². The quantitative estimate of drug-likeness (QED) is 0.736. The predicted molar refractivity (Wildman–Crippen MR) is 103 cm³/mol. The Labute approximate surface area is 162 Å². The summed E-state index contributed by atoms with van der Waals surface area (Å²) in [5, 5.41) is 13.9. The van der Waals surface area contributed by atoms with Gasteiger partial charge in [-0.05, 0) is 59.2 Å². The average Bonchev–Trinajstić information content (AvgIpc) is 3.42. The Balaban J connectivity index is 1.38. The number of nitrogens with one attached hydrogen (secondary N) is 1. The number of carbonyl (C=O) groups excluding carboxylic acids is 2.